The molecule has 1 aromatic heterocycles. The molecule has 0 aliphatic carbocycles. The highest BCUT2D eigenvalue weighted by molar-refractivity contribution is 5.76. The minimum Gasteiger partial charge on any atom is -0.464 e. The topological polar surface area (TPSA) is 110 Å². The second-order valence-electron chi connectivity index (χ2n) is 4.47. The van der Waals surface area contributed by atoms with Crippen LogP contribution in [0.1, 0.15) is 31.9 Å². The molecule has 0 fully saturated rings. The fourth-order valence-corrected chi connectivity index (χ4v) is 1.72. The van der Waals surface area contributed by atoms with Crippen LogP contribution in [-0.4, -0.2) is 39.2 Å². The molecule has 0 spiro atoms. The fourth-order valence-electron chi connectivity index (χ4n) is 1.72. The Labute approximate surface area is 111 Å². The van der Waals surface area contributed by atoms with E-state index in [-0.39, 0.29) is 11.9 Å². The predicted octanol–water partition coefficient (Wildman–Crippen LogP) is 0.585. The molecule has 0 aliphatic heterocycles. The van der Waals surface area contributed by atoms with Crippen LogP contribution in [0.25, 0.3) is 0 Å². The van der Waals surface area contributed by atoms with Crippen molar-refractivity contribution in [2.75, 3.05) is 6.54 Å². The van der Waals surface area contributed by atoms with E-state index in [1.54, 1.807) is 0 Å². The summed E-state index contributed by atoms with van der Waals surface area (Å²) in [6, 6.07) is -0.0810. The lowest BCUT2D eigenvalue weighted by atomic mass is 10.1. The van der Waals surface area contributed by atoms with Crippen LogP contribution >= 0.6 is 0 Å². The summed E-state index contributed by atoms with van der Waals surface area (Å²) in [6.07, 6.45) is 4.20. The van der Waals surface area contributed by atoms with E-state index in [0.29, 0.717) is 25.1 Å². The number of carboxylic acid groups (broad SMARTS) is 1. The summed E-state index contributed by atoms with van der Waals surface area (Å²) in [4.78, 5) is 26.2. The van der Waals surface area contributed by atoms with Crippen molar-refractivity contribution in [2.45, 2.75) is 38.6 Å². The summed E-state index contributed by atoms with van der Waals surface area (Å²) < 4.78 is 0.991. The van der Waals surface area contributed by atoms with E-state index >= 15 is 0 Å². The molecule has 7 nitrogen and oxygen atoms in total. The molecule has 1 rings (SSSR count). The minimum absolute atomic E-state index is 0.0152. The zero-order valence-electron chi connectivity index (χ0n) is 11.0. The van der Waals surface area contributed by atoms with Gasteiger partial charge in [0.25, 0.3) is 0 Å². The van der Waals surface area contributed by atoms with Gasteiger partial charge in [-0.05, 0) is 26.3 Å². The number of hydrogen-bond donors (Lipinski definition) is 3. The first-order chi connectivity index (χ1) is 9.02. The summed E-state index contributed by atoms with van der Waals surface area (Å²) in [5.74, 6) is -0.0152. The molecule has 0 radical (unpaired) electrons. The normalized spacial score (nSPS) is 12.1. The molecule has 0 saturated heterocycles. The van der Waals surface area contributed by atoms with Gasteiger partial charge in [0.2, 0.25) is 5.91 Å². The Bertz CT molecular complexity index is 430. The second-order valence-corrected chi connectivity index (χ2v) is 4.47. The predicted molar refractivity (Wildman–Crippen MR) is 69.9 cm³/mol. The molecule has 0 aliphatic rings. The third kappa shape index (κ3) is 5.52. The van der Waals surface area contributed by atoms with Gasteiger partial charge in [0.1, 0.15) is 6.33 Å². The van der Waals surface area contributed by atoms with Gasteiger partial charge in [-0.2, -0.15) is 0 Å². The molecule has 0 bridgehead atoms. The average molecular weight is 268 g/mol. The van der Waals surface area contributed by atoms with Crippen LogP contribution in [0, 0.1) is 0 Å². The lowest BCUT2D eigenvalue weighted by Gasteiger charge is -2.12. The van der Waals surface area contributed by atoms with Crippen molar-refractivity contribution in [3.63, 3.8) is 0 Å². The van der Waals surface area contributed by atoms with E-state index < -0.39 is 6.09 Å². The monoisotopic (exact) mass is 268 g/mol. The maximum Gasteiger partial charge on any atom is 0.416 e. The number of hydrogen-bond acceptors (Lipinski definition) is 4. The number of nitrogens with two attached hydrogens (primary N) is 1. The number of nitrogens with one attached hydrogen (secondary N) is 1. The van der Waals surface area contributed by atoms with Crippen LogP contribution < -0.4 is 11.1 Å². The summed E-state index contributed by atoms with van der Waals surface area (Å²) in [5, 5.41) is 11.6. The number of carbonyl (C=O) groups is 2. The molecule has 4 N–H and O–H groups in total. The average Bonchev–Trinajstić information content (AvgIpc) is 2.77. The molecule has 1 amide bonds. The Morgan fingerprint density at radius 3 is 2.84 bits per heavy atom. The molecule has 0 saturated carbocycles. The highest BCUT2D eigenvalue weighted by atomic mass is 16.4. The Balaban J connectivity index is 2.35. The largest absolute Gasteiger partial charge is 0.464 e. The van der Waals surface area contributed by atoms with Crippen molar-refractivity contribution in [3.05, 3.63) is 18.2 Å². The summed E-state index contributed by atoms with van der Waals surface area (Å²) in [5.41, 5.74) is 5.99. The second kappa shape index (κ2) is 7.52. The lowest BCUT2D eigenvalue weighted by molar-refractivity contribution is -0.121. The van der Waals surface area contributed by atoms with Crippen LogP contribution in [-0.2, 0) is 11.2 Å². The third-order valence-electron chi connectivity index (χ3n) is 2.64. The highest BCUT2D eigenvalue weighted by Gasteiger charge is 2.11. The Hall–Kier alpha value is -1.89. The number of imidazole rings is 1. The van der Waals surface area contributed by atoms with E-state index in [9.17, 15) is 9.59 Å². The minimum atomic E-state index is -1.07. The number of carbonyl (C=O) groups excluding carboxylic acids is 1. The zero-order chi connectivity index (χ0) is 14.3. The molecule has 1 atom stereocenters. The molecule has 7 heteroatoms. The standard InChI is InChI=1S/C12H20N4O3/c1-9(15-11(17)4-2-3-5-13)6-10-7-16(8-14-10)12(18)19/h7-9H,2-6,13H2,1H3,(H,15,17)(H,18,19)/t9-/m1/s1. The zero-order valence-corrected chi connectivity index (χ0v) is 11.0. The maximum absolute atomic E-state index is 11.6. The van der Waals surface area contributed by atoms with Crippen molar-refractivity contribution in [3.8, 4) is 0 Å². The first-order valence-electron chi connectivity index (χ1n) is 6.28. The number of nitrogens with zero attached hydrogens (tertiary/aromatic N) is 2. The first-order valence-corrected chi connectivity index (χ1v) is 6.28. The summed E-state index contributed by atoms with van der Waals surface area (Å²) >= 11 is 0. The van der Waals surface area contributed by atoms with Gasteiger partial charge in [-0.1, -0.05) is 0 Å². The van der Waals surface area contributed by atoms with Gasteiger partial charge in [-0.15, -0.1) is 0 Å². The van der Waals surface area contributed by atoms with Crippen LogP contribution in [0.2, 0.25) is 0 Å². The quantitative estimate of drug-likeness (QED) is 0.627. The number of unbranched alkanes of at least 4 members (excludes halogenated alkanes) is 1. The fraction of sp³-hybridized carbons (Fsp3) is 0.583. The summed E-state index contributed by atoms with van der Waals surface area (Å²) in [6.45, 7) is 2.45. The lowest BCUT2D eigenvalue weighted by Crippen LogP contribution is -2.34. The van der Waals surface area contributed by atoms with Crippen molar-refractivity contribution in [1.82, 2.24) is 14.9 Å². The van der Waals surface area contributed by atoms with Crippen molar-refractivity contribution in [2.24, 2.45) is 5.73 Å². The number of aromatic nitrogens is 2. The van der Waals surface area contributed by atoms with Crippen molar-refractivity contribution >= 4 is 12.0 Å². The van der Waals surface area contributed by atoms with Crippen LogP contribution in [0.3, 0.4) is 0 Å². The SMILES string of the molecule is C[C@H](Cc1cn(C(=O)O)cn1)NC(=O)CCCCN. The molecular weight excluding hydrogens is 248 g/mol. The van der Waals surface area contributed by atoms with E-state index in [0.717, 1.165) is 17.4 Å². The molecule has 0 aromatic carbocycles. The van der Waals surface area contributed by atoms with Gasteiger partial charge in [-0.25, -0.2) is 14.3 Å². The number of rotatable bonds is 7. The Morgan fingerprint density at radius 1 is 1.53 bits per heavy atom. The van der Waals surface area contributed by atoms with Crippen LogP contribution in [0.5, 0.6) is 0 Å². The van der Waals surface area contributed by atoms with Crippen molar-refractivity contribution in [1.29, 1.82) is 0 Å². The summed E-state index contributed by atoms with van der Waals surface area (Å²) in [7, 11) is 0. The highest BCUT2D eigenvalue weighted by Crippen LogP contribution is 2.02. The van der Waals surface area contributed by atoms with E-state index in [1.807, 2.05) is 6.92 Å². The van der Waals surface area contributed by atoms with Crippen LogP contribution in [0.15, 0.2) is 12.5 Å². The van der Waals surface area contributed by atoms with Gasteiger partial charge in [0, 0.05) is 25.1 Å². The number of amides is 1. The maximum atomic E-state index is 11.6. The molecule has 0 unspecified atom stereocenters. The molecule has 19 heavy (non-hydrogen) atoms. The van der Waals surface area contributed by atoms with Crippen LogP contribution in [0.4, 0.5) is 4.79 Å². The van der Waals surface area contributed by atoms with E-state index in [2.05, 4.69) is 10.3 Å². The molecule has 1 heterocycles. The van der Waals surface area contributed by atoms with E-state index in [1.165, 1.54) is 12.5 Å². The van der Waals surface area contributed by atoms with Gasteiger partial charge in [0.15, 0.2) is 0 Å². The smallest absolute Gasteiger partial charge is 0.416 e. The first kappa shape index (κ1) is 15.2. The Morgan fingerprint density at radius 2 is 2.26 bits per heavy atom. The van der Waals surface area contributed by atoms with Gasteiger partial charge < -0.3 is 16.2 Å². The van der Waals surface area contributed by atoms with Gasteiger partial charge in [-0.3, -0.25) is 4.79 Å². The molecular formula is C12H20N4O3. The molecule has 1 aromatic rings. The van der Waals surface area contributed by atoms with Crippen molar-refractivity contribution < 1.29 is 14.7 Å². The van der Waals surface area contributed by atoms with E-state index in [4.69, 9.17) is 10.8 Å². The Kier molecular flexibility index (Phi) is 6.01. The van der Waals surface area contributed by atoms with Gasteiger partial charge >= 0.3 is 6.09 Å². The van der Waals surface area contributed by atoms with Gasteiger partial charge in [0.05, 0.1) is 5.69 Å². The third-order valence-corrected chi connectivity index (χ3v) is 2.64. The molecule has 106 valence electrons.